The molecule has 0 radical (unpaired) electrons. The van der Waals surface area contributed by atoms with Crippen LogP contribution in [0.3, 0.4) is 0 Å². The molecule has 3 fully saturated rings. The highest BCUT2D eigenvalue weighted by atomic mass is 16.8. The molecule has 2 saturated heterocycles. The highest BCUT2D eigenvalue weighted by Crippen LogP contribution is 2.41. The predicted molar refractivity (Wildman–Crippen MR) is 230 cm³/mol. The minimum atomic E-state index is -2.12. The van der Waals surface area contributed by atoms with Crippen LogP contribution in [0.1, 0.15) is 12.0 Å². The summed E-state index contributed by atoms with van der Waals surface area (Å²) in [7, 11) is 2.56. The number of fused-ring (bicyclic) bond motifs is 1. The molecule has 15 unspecified atom stereocenters. The van der Waals surface area contributed by atoms with E-state index in [9.17, 15) is 76.0 Å². The number of hydrogen-bond donors (Lipinski definition) is 13. The van der Waals surface area contributed by atoms with Gasteiger partial charge < -0.3 is 109 Å². The average molecular weight is 977 g/mol. The number of phenols is 3. The minimum absolute atomic E-state index is 0.00691. The second kappa shape index (κ2) is 21.4. The Kier molecular flexibility index (Phi) is 15.8. The number of aliphatic hydroxyl groups is 10. The Morgan fingerprint density at radius 3 is 1.91 bits per heavy atom. The number of carbonyl (C=O) groups excluding carboxylic acids is 1. The lowest BCUT2D eigenvalue weighted by Crippen LogP contribution is -2.65. The molecule has 0 spiro atoms. The van der Waals surface area contributed by atoms with Crippen molar-refractivity contribution < 1.29 is 113 Å². The van der Waals surface area contributed by atoms with Crippen molar-refractivity contribution in [2.45, 2.75) is 92.2 Å². The van der Waals surface area contributed by atoms with Gasteiger partial charge in [-0.05, 0) is 54.5 Å². The van der Waals surface area contributed by atoms with Gasteiger partial charge in [0.15, 0.2) is 35.8 Å². The summed E-state index contributed by atoms with van der Waals surface area (Å²) in [6.07, 6.45) is -23.5. The molecule has 1 aliphatic carbocycles. The lowest BCUT2D eigenvalue weighted by atomic mass is 9.81. The first-order valence-electron chi connectivity index (χ1n) is 21.3. The maximum atomic E-state index is 14.6. The van der Waals surface area contributed by atoms with Gasteiger partial charge in [0.2, 0.25) is 23.2 Å². The summed E-state index contributed by atoms with van der Waals surface area (Å²) in [5.41, 5.74) is -1.14. The number of hydrogen-bond acceptors (Lipinski definition) is 24. The van der Waals surface area contributed by atoms with Crippen molar-refractivity contribution in [3.8, 4) is 51.6 Å². The van der Waals surface area contributed by atoms with E-state index in [0.29, 0.717) is 0 Å². The third kappa shape index (κ3) is 10.4. The molecule has 1 saturated carbocycles. The number of rotatable bonds is 15. The molecule has 4 aromatic rings. The number of esters is 1. The van der Waals surface area contributed by atoms with Gasteiger partial charge in [-0.2, -0.15) is 0 Å². The number of carbonyl (C=O) groups is 1. The van der Waals surface area contributed by atoms with E-state index in [-0.39, 0.29) is 51.9 Å². The standard InChI is InChI=1S/C45H52O24/c1-61-24-9-17(10-25(62-2)32(24)53)3-8-29(51)67-42-38(59)34(55)27(15-47)65-44(42)69-43-39(60)35(56)28(16-48)66-45(43)68-41-36(57)30-22(50)12-21(63-26-11-19(14-46)31(52)37(58)33(26)54)13-23(30)64-40(41)18-4-6-20(49)7-5-18/h3-10,12-13,19,26-28,31,33-35,37-39,42-50,52-56,58-60H,11,14-16H2,1-2H3. The first kappa shape index (κ1) is 51.0. The molecule has 2 aliphatic heterocycles. The molecule has 13 N–H and O–H groups in total. The number of methoxy groups -OCH3 is 2. The van der Waals surface area contributed by atoms with Crippen LogP contribution in [0.4, 0.5) is 0 Å². The lowest BCUT2D eigenvalue weighted by molar-refractivity contribution is -0.358. The quantitative estimate of drug-likeness (QED) is 0.0440. The van der Waals surface area contributed by atoms with Gasteiger partial charge >= 0.3 is 5.97 Å². The van der Waals surface area contributed by atoms with E-state index in [1.807, 2.05) is 0 Å². The second-order valence-corrected chi connectivity index (χ2v) is 16.4. The van der Waals surface area contributed by atoms with E-state index in [0.717, 1.165) is 18.2 Å². The lowest BCUT2D eigenvalue weighted by Gasteiger charge is -2.46. The smallest absolute Gasteiger partial charge is 0.331 e. The molecule has 3 aromatic carbocycles. The number of benzene rings is 3. The molecule has 3 aliphatic rings. The van der Waals surface area contributed by atoms with Crippen LogP contribution in [0.5, 0.6) is 40.2 Å². The Bertz CT molecular complexity index is 2490. The minimum Gasteiger partial charge on any atom is -0.508 e. The summed E-state index contributed by atoms with van der Waals surface area (Å²) in [5.74, 6) is -4.76. The van der Waals surface area contributed by atoms with Crippen molar-refractivity contribution in [3.63, 3.8) is 0 Å². The summed E-state index contributed by atoms with van der Waals surface area (Å²) in [4.78, 5) is 27.8. The van der Waals surface area contributed by atoms with Crippen molar-refractivity contribution in [1.29, 1.82) is 0 Å². The van der Waals surface area contributed by atoms with Crippen LogP contribution in [-0.2, 0) is 23.7 Å². The Hall–Kier alpha value is -5.84. The van der Waals surface area contributed by atoms with E-state index in [2.05, 4.69) is 0 Å². The van der Waals surface area contributed by atoms with Crippen LogP contribution in [0.15, 0.2) is 63.8 Å². The topological polar surface area (TPSA) is 384 Å². The summed E-state index contributed by atoms with van der Waals surface area (Å²) < 4.78 is 51.4. The van der Waals surface area contributed by atoms with E-state index in [1.54, 1.807) is 0 Å². The summed E-state index contributed by atoms with van der Waals surface area (Å²) in [6.45, 7) is -2.43. The first-order chi connectivity index (χ1) is 32.9. The normalized spacial score (nSPS) is 31.6. The SMILES string of the molecule is COc1cc(C=CC(=O)OC2C(OC3C(Oc4c(-c5ccc(O)cc5)oc5cc(OC6CC(CO)C(O)C(O)C6O)cc(O)c5c4=O)OC(CO)C(O)C3O)OC(CO)C(O)C2O)cc(OC)c1O. The number of ether oxygens (including phenoxy) is 8. The largest absolute Gasteiger partial charge is 0.508 e. The van der Waals surface area contributed by atoms with Gasteiger partial charge in [-0.3, -0.25) is 4.79 Å². The van der Waals surface area contributed by atoms with Crippen molar-refractivity contribution in [1.82, 2.24) is 0 Å². The Labute approximate surface area is 390 Å². The Balaban J connectivity index is 1.24. The van der Waals surface area contributed by atoms with Gasteiger partial charge in [-0.25, -0.2) is 4.79 Å². The molecule has 0 amide bonds. The van der Waals surface area contributed by atoms with E-state index in [1.165, 1.54) is 56.7 Å². The fraction of sp³-hybridized carbons (Fsp3) is 0.467. The van der Waals surface area contributed by atoms with Gasteiger partial charge in [0.1, 0.15) is 83.2 Å². The maximum absolute atomic E-state index is 14.6. The third-order valence-corrected chi connectivity index (χ3v) is 12.0. The van der Waals surface area contributed by atoms with Crippen LogP contribution in [-0.4, -0.2) is 192 Å². The summed E-state index contributed by atoms with van der Waals surface area (Å²) in [6, 6.07) is 9.88. The van der Waals surface area contributed by atoms with Gasteiger partial charge in [0.05, 0.1) is 33.5 Å². The van der Waals surface area contributed by atoms with Gasteiger partial charge in [0.25, 0.3) is 0 Å². The Morgan fingerprint density at radius 1 is 0.710 bits per heavy atom. The molecular formula is C45H52O24. The van der Waals surface area contributed by atoms with Gasteiger partial charge in [-0.15, -0.1) is 0 Å². The molecule has 24 nitrogen and oxygen atoms in total. The van der Waals surface area contributed by atoms with Crippen LogP contribution in [0.25, 0.3) is 28.4 Å². The van der Waals surface area contributed by atoms with Crippen LogP contribution < -0.4 is 24.4 Å². The molecule has 3 heterocycles. The Morgan fingerprint density at radius 2 is 1.32 bits per heavy atom. The van der Waals surface area contributed by atoms with Crippen molar-refractivity contribution in [2.24, 2.45) is 5.92 Å². The monoisotopic (exact) mass is 976 g/mol. The molecule has 0 bridgehead atoms. The summed E-state index contributed by atoms with van der Waals surface area (Å²) >= 11 is 0. The van der Waals surface area contributed by atoms with Crippen LogP contribution in [0, 0.1) is 5.92 Å². The third-order valence-electron chi connectivity index (χ3n) is 12.0. The van der Waals surface area contributed by atoms with E-state index < -0.39 is 146 Å². The molecule has 15 atom stereocenters. The second-order valence-electron chi connectivity index (χ2n) is 16.4. The number of aromatic hydroxyl groups is 3. The summed E-state index contributed by atoms with van der Waals surface area (Å²) in [5, 5.41) is 137. The number of aliphatic hydroxyl groups excluding tert-OH is 10. The maximum Gasteiger partial charge on any atom is 0.331 e. The predicted octanol–water partition coefficient (Wildman–Crippen LogP) is -2.30. The van der Waals surface area contributed by atoms with Gasteiger partial charge in [0, 0.05) is 36.3 Å². The van der Waals surface area contributed by atoms with Crippen molar-refractivity contribution >= 4 is 23.0 Å². The van der Waals surface area contributed by atoms with Gasteiger partial charge in [-0.1, -0.05) is 0 Å². The molecule has 376 valence electrons. The van der Waals surface area contributed by atoms with E-state index in [4.69, 9.17) is 42.3 Å². The molecule has 69 heavy (non-hydrogen) atoms. The fourth-order valence-corrected chi connectivity index (χ4v) is 8.19. The molecule has 24 heteroatoms. The molecule has 1 aromatic heterocycles. The van der Waals surface area contributed by atoms with E-state index >= 15 is 0 Å². The zero-order valence-corrected chi connectivity index (χ0v) is 36.6. The molecule has 7 rings (SSSR count). The van der Waals surface area contributed by atoms with Crippen LogP contribution >= 0.6 is 0 Å². The fourth-order valence-electron chi connectivity index (χ4n) is 8.19. The average Bonchev–Trinajstić information content (AvgIpc) is 3.33. The highest BCUT2D eigenvalue weighted by Gasteiger charge is 2.53. The zero-order valence-electron chi connectivity index (χ0n) is 36.6. The van der Waals surface area contributed by atoms with Crippen molar-refractivity contribution in [2.75, 3.05) is 34.0 Å². The first-order valence-corrected chi connectivity index (χ1v) is 21.3. The van der Waals surface area contributed by atoms with Crippen LogP contribution in [0.2, 0.25) is 0 Å². The zero-order chi connectivity index (χ0) is 50.0. The molecular weight excluding hydrogens is 924 g/mol. The van der Waals surface area contributed by atoms with Crippen molar-refractivity contribution in [3.05, 3.63) is 70.4 Å². The number of phenolic OH excluding ortho intramolecular Hbond substituents is 3. The highest BCUT2D eigenvalue weighted by molar-refractivity contribution is 5.89.